The maximum Gasteiger partial charge on any atom is 0.314 e. The average molecular weight is 289 g/mol. The van der Waals surface area contributed by atoms with E-state index in [4.69, 9.17) is 10.6 Å². The second-order valence-electron chi connectivity index (χ2n) is 4.28. The van der Waals surface area contributed by atoms with E-state index in [0.717, 1.165) is 0 Å². The Labute approximate surface area is 121 Å². The van der Waals surface area contributed by atoms with Gasteiger partial charge in [0.25, 0.3) is 0 Å². The molecule has 0 bridgehead atoms. The SMILES string of the molecule is CCc1c(NN)ncnc1Oc1cccc(C)c1[N+](=O)[O-]. The highest BCUT2D eigenvalue weighted by Gasteiger charge is 2.21. The Balaban J connectivity index is 2.49. The van der Waals surface area contributed by atoms with Gasteiger partial charge in [-0.2, -0.15) is 0 Å². The molecule has 0 radical (unpaired) electrons. The van der Waals surface area contributed by atoms with Crippen molar-refractivity contribution in [2.45, 2.75) is 20.3 Å². The molecule has 8 nitrogen and oxygen atoms in total. The summed E-state index contributed by atoms with van der Waals surface area (Å²) in [5, 5.41) is 11.2. The molecule has 2 rings (SSSR count). The second kappa shape index (κ2) is 6.14. The van der Waals surface area contributed by atoms with Gasteiger partial charge in [-0.1, -0.05) is 19.1 Å². The number of aromatic nitrogens is 2. The molecular formula is C13H15N5O3. The lowest BCUT2D eigenvalue weighted by Gasteiger charge is -2.12. The predicted octanol–water partition coefficient (Wildman–Crippen LogP) is 2.33. The summed E-state index contributed by atoms with van der Waals surface area (Å²) >= 11 is 0. The number of hydrazine groups is 1. The van der Waals surface area contributed by atoms with E-state index < -0.39 is 4.92 Å². The maximum atomic E-state index is 11.2. The lowest BCUT2D eigenvalue weighted by atomic mass is 10.2. The molecule has 0 aliphatic carbocycles. The fourth-order valence-electron chi connectivity index (χ4n) is 1.98. The van der Waals surface area contributed by atoms with Crippen molar-refractivity contribution in [1.82, 2.24) is 9.97 Å². The number of nitrogens with one attached hydrogen (secondary N) is 1. The van der Waals surface area contributed by atoms with Crippen LogP contribution in [0.4, 0.5) is 11.5 Å². The van der Waals surface area contributed by atoms with Gasteiger partial charge in [-0.05, 0) is 19.4 Å². The number of ether oxygens (including phenoxy) is 1. The van der Waals surface area contributed by atoms with Crippen molar-refractivity contribution >= 4 is 11.5 Å². The molecule has 0 atom stereocenters. The van der Waals surface area contributed by atoms with Gasteiger partial charge in [0.05, 0.1) is 10.5 Å². The molecular weight excluding hydrogens is 274 g/mol. The molecule has 110 valence electrons. The number of aryl methyl sites for hydroxylation is 1. The first kappa shape index (κ1) is 14.7. The third-order valence-electron chi connectivity index (χ3n) is 2.99. The van der Waals surface area contributed by atoms with Crippen LogP contribution in [0, 0.1) is 17.0 Å². The molecule has 0 amide bonds. The molecule has 0 aliphatic rings. The Morgan fingerprint density at radius 3 is 2.81 bits per heavy atom. The molecule has 0 saturated carbocycles. The van der Waals surface area contributed by atoms with Gasteiger partial charge in [-0.15, -0.1) is 0 Å². The van der Waals surface area contributed by atoms with Crippen molar-refractivity contribution in [1.29, 1.82) is 0 Å². The Kier molecular flexibility index (Phi) is 4.29. The minimum Gasteiger partial charge on any atom is -0.431 e. The minimum absolute atomic E-state index is 0.0829. The van der Waals surface area contributed by atoms with Gasteiger partial charge in [-0.3, -0.25) is 10.1 Å². The molecule has 1 aromatic heterocycles. The zero-order chi connectivity index (χ0) is 15.4. The van der Waals surface area contributed by atoms with E-state index in [-0.39, 0.29) is 17.3 Å². The van der Waals surface area contributed by atoms with E-state index in [1.165, 1.54) is 12.4 Å². The summed E-state index contributed by atoms with van der Waals surface area (Å²) in [5.74, 6) is 6.20. The van der Waals surface area contributed by atoms with Crippen LogP contribution in [0.5, 0.6) is 11.6 Å². The molecule has 0 unspecified atom stereocenters. The molecule has 1 heterocycles. The number of nitro groups is 1. The van der Waals surface area contributed by atoms with Gasteiger partial charge in [0, 0.05) is 5.56 Å². The highest BCUT2D eigenvalue weighted by molar-refractivity contribution is 5.55. The van der Waals surface area contributed by atoms with Gasteiger partial charge < -0.3 is 10.2 Å². The first-order valence-electron chi connectivity index (χ1n) is 6.30. The second-order valence-corrected chi connectivity index (χ2v) is 4.28. The average Bonchev–Trinajstić information content (AvgIpc) is 2.46. The van der Waals surface area contributed by atoms with E-state index in [1.807, 2.05) is 6.92 Å². The van der Waals surface area contributed by atoms with Crippen LogP contribution in [0.1, 0.15) is 18.1 Å². The van der Waals surface area contributed by atoms with Crippen LogP contribution < -0.4 is 16.0 Å². The van der Waals surface area contributed by atoms with Gasteiger partial charge in [0.2, 0.25) is 11.6 Å². The fourth-order valence-corrected chi connectivity index (χ4v) is 1.98. The van der Waals surface area contributed by atoms with Crippen LogP contribution in [0.25, 0.3) is 0 Å². The maximum absolute atomic E-state index is 11.2. The topological polar surface area (TPSA) is 116 Å². The summed E-state index contributed by atoms with van der Waals surface area (Å²) in [6, 6.07) is 4.87. The lowest BCUT2D eigenvalue weighted by molar-refractivity contribution is -0.386. The molecule has 8 heteroatoms. The van der Waals surface area contributed by atoms with Gasteiger partial charge in [-0.25, -0.2) is 15.8 Å². The summed E-state index contributed by atoms with van der Waals surface area (Å²) in [7, 11) is 0. The molecule has 0 spiro atoms. The van der Waals surface area contributed by atoms with Crippen LogP contribution in [-0.2, 0) is 6.42 Å². The summed E-state index contributed by atoms with van der Waals surface area (Å²) < 4.78 is 5.63. The van der Waals surface area contributed by atoms with Crippen LogP contribution in [-0.4, -0.2) is 14.9 Å². The number of hydrogen-bond acceptors (Lipinski definition) is 7. The number of anilines is 1. The van der Waals surface area contributed by atoms with Crippen molar-refractivity contribution in [2.24, 2.45) is 5.84 Å². The largest absolute Gasteiger partial charge is 0.431 e. The standard InChI is InChI=1S/C13H15N5O3/c1-3-9-12(17-14)15-7-16-13(9)21-10-6-4-5-8(2)11(10)18(19)20/h4-7H,3,14H2,1-2H3,(H,15,16,17). The van der Waals surface area contributed by atoms with E-state index >= 15 is 0 Å². The van der Waals surface area contributed by atoms with Crippen molar-refractivity contribution in [2.75, 3.05) is 5.43 Å². The highest BCUT2D eigenvalue weighted by atomic mass is 16.6. The zero-order valence-electron chi connectivity index (χ0n) is 11.7. The number of nitrogens with zero attached hydrogens (tertiary/aromatic N) is 3. The first-order valence-corrected chi connectivity index (χ1v) is 6.30. The number of nitrogens with two attached hydrogens (primary N) is 1. The number of hydrogen-bond donors (Lipinski definition) is 2. The molecule has 0 fully saturated rings. The predicted molar refractivity (Wildman–Crippen MR) is 77.1 cm³/mol. The summed E-state index contributed by atoms with van der Waals surface area (Å²) in [6.45, 7) is 3.54. The first-order chi connectivity index (χ1) is 10.1. The normalized spacial score (nSPS) is 10.2. The van der Waals surface area contributed by atoms with Crippen molar-refractivity contribution in [3.8, 4) is 11.6 Å². The Morgan fingerprint density at radius 1 is 1.43 bits per heavy atom. The Morgan fingerprint density at radius 2 is 2.19 bits per heavy atom. The molecule has 3 N–H and O–H groups in total. The van der Waals surface area contributed by atoms with E-state index in [1.54, 1.807) is 19.1 Å². The molecule has 0 saturated heterocycles. The van der Waals surface area contributed by atoms with Crippen molar-refractivity contribution in [3.63, 3.8) is 0 Å². The van der Waals surface area contributed by atoms with Crippen LogP contribution >= 0.6 is 0 Å². The van der Waals surface area contributed by atoms with Crippen LogP contribution in [0.2, 0.25) is 0 Å². The summed E-state index contributed by atoms with van der Waals surface area (Å²) in [4.78, 5) is 18.7. The third kappa shape index (κ3) is 2.90. The van der Waals surface area contributed by atoms with Crippen molar-refractivity contribution in [3.05, 3.63) is 45.8 Å². The monoisotopic (exact) mass is 289 g/mol. The number of rotatable bonds is 5. The van der Waals surface area contributed by atoms with E-state index in [9.17, 15) is 10.1 Å². The van der Waals surface area contributed by atoms with Crippen molar-refractivity contribution < 1.29 is 9.66 Å². The lowest BCUT2D eigenvalue weighted by Crippen LogP contribution is -2.12. The van der Waals surface area contributed by atoms with E-state index in [2.05, 4.69) is 15.4 Å². The smallest absolute Gasteiger partial charge is 0.314 e. The molecule has 1 aromatic carbocycles. The van der Waals surface area contributed by atoms with Crippen LogP contribution in [0.15, 0.2) is 24.5 Å². The number of benzene rings is 1. The summed E-state index contributed by atoms with van der Waals surface area (Å²) in [5.41, 5.74) is 3.54. The van der Waals surface area contributed by atoms with Gasteiger partial charge in [0.1, 0.15) is 12.1 Å². The quantitative estimate of drug-likeness (QED) is 0.493. The number of para-hydroxylation sites is 1. The van der Waals surface area contributed by atoms with Gasteiger partial charge in [0.15, 0.2) is 0 Å². The fraction of sp³-hybridized carbons (Fsp3) is 0.231. The highest BCUT2D eigenvalue weighted by Crippen LogP contribution is 2.35. The number of nitro benzene ring substituents is 1. The third-order valence-corrected chi connectivity index (χ3v) is 2.99. The number of nitrogen functional groups attached to an aromatic ring is 1. The van der Waals surface area contributed by atoms with Gasteiger partial charge >= 0.3 is 5.69 Å². The minimum atomic E-state index is -0.473. The summed E-state index contributed by atoms with van der Waals surface area (Å²) in [6.07, 6.45) is 1.85. The van der Waals surface area contributed by atoms with E-state index in [0.29, 0.717) is 23.4 Å². The molecule has 21 heavy (non-hydrogen) atoms. The zero-order valence-corrected chi connectivity index (χ0v) is 11.7. The van der Waals surface area contributed by atoms with Crippen LogP contribution in [0.3, 0.4) is 0 Å². The Hall–Kier alpha value is -2.74. The Bertz CT molecular complexity index is 675. The molecule has 2 aromatic rings. The molecule has 0 aliphatic heterocycles.